The van der Waals surface area contributed by atoms with Crippen molar-refractivity contribution in [2.45, 2.75) is 27.4 Å². The molecule has 1 fully saturated rings. The van der Waals surface area contributed by atoms with Gasteiger partial charge in [0.15, 0.2) is 16.7 Å². The largest absolute Gasteiger partial charge is 0.490 e. The number of benzene rings is 3. The van der Waals surface area contributed by atoms with Gasteiger partial charge in [-0.1, -0.05) is 45.8 Å². The van der Waals surface area contributed by atoms with Crippen LogP contribution in [0.1, 0.15) is 30.5 Å². The first kappa shape index (κ1) is 26.8. The molecule has 0 aromatic heterocycles. The minimum atomic E-state index is -0.0445. The minimum Gasteiger partial charge on any atom is -0.490 e. The summed E-state index contributed by atoms with van der Waals surface area (Å²) in [5.41, 5.74) is 3.94. The third-order valence-electron chi connectivity index (χ3n) is 5.39. The van der Waals surface area contributed by atoms with Crippen LogP contribution < -0.4 is 9.47 Å². The summed E-state index contributed by atoms with van der Waals surface area (Å²) < 4.78 is 14.0. The van der Waals surface area contributed by atoms with E-state index < -0.39 is 0 Å². The van der Waals surface area contributed by atoms with Crippen LogP contribution in [0.2, 0.25) is 0 Å². The Balaban J connectivity index is 1.60. The molecule has 3 aromatic rings. The van der Waals surface area contributed by atoms with E-state index in [0.29, 0.717) is 41.3 Å². The van der Waals surface area contributed by atoms with E-state index in [1.165, 1.54) is 17.3 Å². The molecule has 0 N–H and O–H groups in total. The van der Waals surface area contributed by atoms with Gasteiger partial charge in [-0.2, -0.15) is 0 Å². The standard InChI is InChI=1S/C28H26BrIN2O3S/c1-4-32-27(33)25(36-28(32)31-22-12-6-18(3)7-13-22)16-20-14-23(30)26(24(15-20)34-5-2)35-17-19-8-10-21(29)11-9-19/h6-16H,4-5,17H2,1-3H3/b25-16+,31-28?. The lowest BCUT2D eigenvalue weighted by Crippen LogP contribution is -2.28. The quantitative estimate of drug-likeness (QED) is 0.179. The number of amidine groups is 1. The van der Waals surface area contributed by atoms with Crippen LogP contribution in [0.15, 0.2) is 75.0 Å². The number of rotatable bonds is 8. The topological polar surface area (TPSA) is 51.1 Å². The first-order chi connectivity index (χ1) is 17.4. The first-order valence-corrected chi connectivity index (χ1v) is 14.3. The minimum absolute atomic E-state index is 0.0445. The summed E-state index contributed by atoms with van der Waals surface area (Å²) in [5.74, 6) is 1.31. The molecule has 1 heterocycles. The maximum absolute atomic E-state index is 13.1. The van der Waals surface area contributed by atoms with Gasteiger partial charge in [0.25, 0.3) is 5.91 Å². The van der Waals surface area contributed by atoms with Gasteiger partial charge < -0.3 is 9.47 Å². The van der Waals surface area contributed by atoms with Gasteiger partial charge in [0.05, 0.1) is 20.8 Å². The van der Waals surface area contributed by atoms with Gasteiger partial charge in [0.1, 0.15) is 6.61 Å². The van der Waals surface area contributed by atoms with Crippen molar-refractivity contribution in [3.05, 3.63) is 90.3 Å². The molecule has 0 bridgehead atoms. The van der Waals surface area contributed by atoms with Gasteiger partial charge >= 0.3 is 0 Å². The molecule has 0 atom stereocenters. The number of likely N-dealkylation sites (N-methyl/N-ethyl adjacent to an activating group) is 1. The van der Waals surface area contributed by atoms with Gasteiger partial charge in [-0.05, 0) is 109 Å². The molecule has 8 heteroatoms. The average Bonchev–Trinajstić information content (AvgIpc) is 3.14. The molecule has 1 saturated heterocycles. The normalized spacial score (nSPS) is 15.7. The molecule has 0 spiro atoms. The number of hydrogen-bond acceptors (Lipinski definition) is 5. The maximum atomic E-state index is 13.1. The highest BCUT2D eigenvalue weighted by Crippen LogP contribution is 2.38. The van der Waals surface area contributed by atoms with Crippen molar-refractivity contribution in [1.82, 2.24) is 4.90 Å². The van der Waals surface area contributed by atoms with Crippen LogP contribution in [-0.2, 0) is 11.4 Å². The molecule has 1 aliphatic rings. The molecule has 36 heavy (non-hydrogen) atoms. The Labute approximate surface area is 238 Å². The highest BCUT2D eigenvalue weighted by atomic mass is 127. The summed E-state index contributed by atoms with van der Waals surface area (Å²) in [6.07, 6.45) is 1.90. The highest BCUT2D eigenvalue weighted by Gasteiger charge is 2.32. The molecule has 0 radical (unpaired) electrons. The lowest BCUT2D eigenvalue weighted by molar-refractivity contribution is -0.122. The van der Waals surface area contributed by atoms with Crippen molar-refractivity contribution < 1.29 is 14.3 Å². The number of carbonyl (C=O) groups is 1. The van der Waals surface area contributed by atoms with Crippen molar-refractivity contribution in [2.24, 2.45) is 4.99 Å². The van der Waals surface area contributed by atoms with E-state index in [2.05, 4.69) is 38.5 Å². The van der Waals surface area contributed by atoms with Crippen LogP contribution in [-0.4, -0.2) is 29.1 Å². The third-order valence-corrected chi connectivity index (χ3v) is 7.73. The van der Waals surface area contributed by atoms with E-state index in [9.17, 15) is 4.79 Å². The number of aliphatic imine (C=N–C) groups is 1. The van der Waals surface area contributed by atoms with E-state index in [0.717, 1.165) is 24.9 Å². The number of thioether (sulfide) groups is 1. The predicted octanol–water partition coefficient (Wildman–Crippen LogP) is 7.96. The summed E-state index contributed by atoms with van der Waals surface area (Å²) >= 11 is 7.11. The smallest absolute Gasteiger partial charge is 0.266 e. The van der Waals surface area contributed by atoms with E-state index >= 15 is 0 Å². The second kappa shape index (κ2) is 12.3. The van der Waals surface area contributed by atoms with Crippen LogP contribution >= 0.6 is 50.3 Å². The molecule has 0 unspecified atom stereocenters. The molecule has 0 saturated carbocycles. The fourth-order valence-corrected chi connectivity index (χ4v) is 5.67. The number of nitrogens with zero attached hydrogens (tertiary/aromatic N) is 2. The molecule has 186 valence electrons. The fraction of sp³-hybridized carbons (Fsp3) is 0.214. The average molecular weight is 677 g/mol. The van der Waals surface area contributed by atoms with Crippen LogP contribution in [0.25, 0.3) is 6.08 Å². The van der Waals surface area contributed by atoms with Crippen molar-refractivity contribution in [1.29, 1.82) is 0 Å². The third kappa shape index (κ3) is 6.52. The van der Waals surface area contributed by atoms with Gasteiger partial charge in [-0.15, -0.1) is 0 Å². The van der Waals surface area contributed by atoms with Crippen molar-refractivity contribution in [2.75, 3.05) is 13.2 Å². The van der Waals surface area contributed by atoms with Crippen molar-refractivity contribution in [3.8, 4) is 11.5 Å². The Morgan fingerprint density at radius 1 is 1.06 bits per heavy atom. The number of ether oxygens (including phenoxy) is 2. The number of aryl methyl sites for hydroxylation is 1. The summed E-state index contributed by atoms with van der Waals surface area (Å²) in [5, 5.41) is 0.687. The summed E-state index contributed by atoms with van der Waals surface area (Å²) in [6.45, 7) is 7.44. The molecular formula is C28H26BrIN2O3S. The van der Waals surface area contributed by atoms with E-state index in [1.807, 2.05) is 87.5 Å². The van der Waals surface area contributed by atoms with Crippen molar-refractivity contribution >= 4 is 73.1 Å². The fourth-order valence-electron chi connectivity index (χ4n) is 3.56. The first-order valence-electron chi connectivity index (χ1n) is 11.6. The summed E-state index contributed by atoms with van der Waals surface area (Å²) in [4.78, 5) is 20.2. The SMILES string of the molecule is CCOc1cc(/C=C2/SC(=Nc3ccc(C)cc3)N(CC)C2=O)cc(I)c1OCc1ccc(Br)cc1. The van der Waals surface area contributed by atoms with Crippen LogP contribution in [0, 0.1) is 10.5 Å². The Morgan fingerprint density at radius 2 is 1.78 bits per heavy atom. The monoisotopic (exact) mass is 676 g/mol. The number of halogens is 2. The van der Waals surface area contributed by atoms with Gasteiger partial charge in [0.2, 0.25) is 0 Å². The van der Waals surface area contributed by atoms with Crippen molar-refractivity contribution in [3.63, 3.8) is 0 Å². The van der Waals surface area contributed by atoms with Crippen LogP contribution in [0.5, 0.6) is 11.5 Å². The summed E-state index contributed by atoms with van der Waals surface area (Å²) in [6, 6.07) is 19.9. The van der Waals surface area contributed by atoms with Gasteiger partial charge in [-0.25, -0.2) is 4.99 Å². The number of hydrogen-bond donors (Lipinski definition) is 0. The van der Waals surface area contributed by atoms with Crippen LogP contribution in [0.4, 0.5) is 5.69 Å². The predicted molar refractivity (Wildman–Crippen MR) is 160 cm³/mol. The molecule has 0 aliphatic carbocycles. The number of amides is 1. The zero-order valence-electron chi connectivity index (χ0n) is 20.3. The molecule has 1 aliphatic heterocycles. The van der Waals surface area contributed by atoms with Gasteiger partial charge in [-0.3, -0.25) is 9.69 Å². The second-order valence-corrected chi connectivity index (χ2v) is 11.2. The Morgan fingerprint density at radius 3 is 2.44 bits per heavy atom. The van der Waals surface area contributed by atoms with E-state index in [1.54, 1.807) is 4.90 Å². The van der Waals surface area contributed by atoms with Gasteiger partial charge in [0, 0.05) is 11.0 Å². The van der Waals surface area contributed by atoms with E-state index in [-0.39, 0.29) is 5.91 Å². The van der Waals surface area contributed by atoms with E-state index in [4.69, 9.17) is 14.5 Å². The molecule has 4 rings (SSSR count). The molecule has 1 amide bonds. The lowest BCUT2D eigenvalue weighted by Gasteiger charge is -2.15. The maximum Gasteiger partial charge on any atom is 0.266 e. The zero-order chi connectivity index (χ0) is 25.7. The Kier molecular flexibility index (Phi) is 9.14. The molecule has 3 aromatic carbocycles. The van der Waals surface area contributed by atoms with Crippen LogP contribution in [0.3, 0.4) is 0 Å². The zero-order valence-corrected chi connectivity index (χ0v) is 24.8. The second-order valence-electron chi connectivity index (χ2n) is 8.07. The highest BCUT2D eigenvalue weighted by molar-refractivity contribution is 14.1. The summed E-state index contributed by atoms with van der Waals surface area (Å²) in [7, 11) is 0. The Bertz CT molecular complexity index is 1310. The molecular weight excluding hydrogens is 651 g/mol. The lowest BCUT2D eigenvalue weighted by atomic mass is 10.1. The molecule has 5 nitrogen and oxygen atoms in total. The Hall–Kier alpha value is -2.30. The number of carbonyl (C=O) groups excluding carboxylic acids is 1.